The standard InChI is InChI=1S/C19H21FN2O4/c1-19(9-3-2-4-15(19)18(24)25)22-16(23)10-14-11-26-17(21-14)12-5-7-13(20)8-6-12/h5-8,11,15H,2-4,9-10H2,1H3,(H,22,23)(H,24,25). The van der Waals surface area contributed by atoms with E-state index >= 15 is 0 Å². The van der Waals surface area contributed by atoms with Gasteiger partial charge in [-0.1, -0.05) is 12.8 Å². The van der Waals surface area contributed by atoms with Gasteiger partial charge in [-0.2, -0.15) is 0 Å². The summed E-state index contributed by atoms with van der Waals surface area (Å²) in [5.41, 5.74) is 0.293. The highest BCUT2D eigenvalue weighted by atomic mass is 19.1. The number of hydrogen-bond donors (Lipinski definition) is 2. The summed E-state index contributed by atoms with van der Waals surface area (Å²) in [5, 5.41) is 12.3. The summed E-state index contributed by atoms with van der Waals surface area (Å²) in [6.45, 7) is 1.79. The van der Waals surface area contributed by atoms with Gasteiger partial charge in [-0.25, -0.2) is 9.37 Å². The predicted octanol–water partition coefficient (Wildman–Crippen LogP) is 3.17. The number of nitrogens with one attached hydrogen (secondary N) is 1. The zero-order valence-electron chi connectivity index (χ0n) is 14.5. The second-order valence-electron chi connectivity index (χ2n) is 6.93. The molecule has 0 radical (unpaired) electrons. The zero-order chi connectivity index (χ0) is 18.7. The maximum atomic E-state index is 13.0. The molecule has 2 unspecified atom stereocenters. The van der Waals surface area contributed by atoms with Gasteiger partial charge in [0, 0.05) is 5.56 Å². The summed E-state index contributed by atoms with van der Waals surface area (Å²) in [6, 6.07) is 5.71. The summed E-state index contributed by atoms with van der Waals surface area (Å²) in [6.07, 6.45) is 4.31. The lowest BCUT2D eigenvalue weighted by Gasteiger charge is -2.39. The van der Waals surface area contributed by atoms with Gasteiger partial charge in [-0.15, -0.1) is 0 Å². The summed E-state index contributed by atoms with van der Waals surface area (Å²) >= 11 is 0. The first-order valence-electron chi connectivity index (χ1n) is 8.61. The smallest absolute Gasteiger partial charge is 0.308 e. The lowest BCUT2D eigenvalue weighted by atomic mass is 9.74. The third-order valence-corrected chi connectivity index (χ3v) is 4.92. The molecule has 0 bridgehead atoms. The SMILES string of the molecule is CC1(NC(=O)Cc2coc(-c3ccc(F)cc3)n2)CCCCC1C(=O)O. The Bertz CT molecular complexity index is 802. The Labute approximate surface area is 150 Å². The Hall–Kier alpha value is -2.70. The number of carbonyl (C=O) groups is 2. The number of rotatable bonds is 5. The number of carbonyl (C=O) groups excluding carboxylic acids is 1. The number of amides is 1. The fraction of sp³-hybridized carbons (Fsp3) is 0.421. The minimum absolute atomic E-state index is 0.00732. The highest BCUT2D eigenvalue weighted by molar-refractivity contribution is 5.81. The highest BCUT2D eigenvalue weighted by Crippen LogP contribution is 2.34. The van der Waals surface area contributed by atoms with Crippen LogP contribution in [0.2, 0.25) is 0 Å². The van der Waals surface area contributed by atoms with Crippen molar-refractivity contribution in [2.75, 3.05) is 0 Å². The monoisotopic (exact) mass is 360 g/mol. The molecule has 1 saturated carbocycles. The van der Waals surface area contributed by atoms with Crippen molar-refractivity contribution in [2.45, 2.75) is 44.6 Å². The van der Waals surface area contributed by atoms with E-state index in [1.54, 1.807) is 19.1 Å². The Morgan fingerprint density at radius 1 is 1.35 bits per heavy atom. The minimum Gasteiger partial charge on any atom is -0.481 e. The quantitative estimate of drug-likeness (QED) is 0.854. The average molecular weight is 360 g/mol. The maximum Gasteiger partial charge on any atom is 0.308 e. The van der Waals surface area contributed by atoms with Gasteiger partial charge in [0.15, 0.2) is 0 Å². The van der Waals surface area contributed by atoms with Gasteiger partial charge in [-0.3, -0.25) is 9.59 Å². The lowest BCUT2D eigenvalue weighted by Crippen LogP contribution is -2.55. The summed E-state index contributed by atoms with van der Waals surface area (Å²) in [7, 11) is 0. The topological polar surface area (TPSA) is 92.4 Å². The number of hydrogen-bond acceptors (Lipinski definition) is 4. The van der Waals surface area contributed by atoms with Crippen LogP contribution in [0.3, 0.4) is 0 Å². The van der Waals surface area contributed by atoms with Crippen LogP contribution in [0.5, 0.6) is 0 Å². The molecule has 26 heavy (non-hydrogen) atoms. The van der Waals surface area contributed by atoms with Crippen LogP contribution < -0.4 is 5.32 Å². The molecule has 3 rings (SSSR count). The van der Waals surface area contributed by atoms with Crippen LogP contribution in [0.4, 0.5) is 4.39 Å². The van der Waals surface area contributed by atoms with Crippen molar-refractivity contribution in [1.29, 1.82) is 0 Å². The van der Waals surface area contributed by atoms with Gasteiger partial charge in [0.25, 0.3) is 0 Å². The van der Waals surface area contributed by atoms with Crippen LogP contribution in [-0.2, 0) is 16.0 Å². The number of oxazole rings is 1. The van der Waals surface area contributed by atoms with E-state index < -0.39 is 17.4 Å². The first-order valence-corrected chi connectivity index (χ1v) is 8.61. The summed E-state index contributed by atoms with van der Waals surface area (Å²) in [4.78, 5) is 28.2. The fourth-order valence-corrected chi connectivity index (χ4v) is 3.52. The van der Waals surface area contributed by atoms with Gasteiger partial charge in [0.1, 0.15) is 12.1 Å². The van der Waals surface area contributed by atoms with E-state index in [0.29, 0.717) is 30.0 Å². The van der Waals surface area contributed by atoms with E-state index in [0.717, 1.165) is 12.8 Å². The molecule has 138 valence electrons. The molecule has 1 amide bonds. The van der Waals surface area contributed by atoms with Crippen molar-refractivity contribution in [2.24, 2.45) is 5.92 Å². The number of benzene rings is 1. The van der Waals surface area contributed by atoms with Gasteiger partial charge in [-0.05, 0) is 44.0 Å². The molecular formula is C19H21FN2O4. The van der Waals surface area contributed by atoms with Crippen LogP contribution in [0.15, 0.2) is 34.9 Å². The number of carboxylic acid groups (broad SMARTS) is 1. The molecule has 1 aromatic carbocycles. The second kappa shape index (κ2) is 7.27. The van der Waals surface area contributed by atoms with Crippen LogP contribution in [0.1, 0.15) is 38.3 Å². The zero-order valence-corrected chi connectivity index (χ0v) is 14.5. The van der Waals surface area contributed by atoms with E-state index in [2.05, 4.69) is 10.3 Å². The van der Waals surface area contributed by atoms with Crippen molar-refractivity contribution in [3.63, 3.8) is 0 Å². The third-order valence-electron chi connectivity index (χ3n) is 4.92. The van der Waals surface area contributed by atoms with Gasteiger partial charge < -0.3 is 14.8 Å². The number of aliphatic carboxylic acids is 1. The normalized spacial score (nSPS) is 22.8. The predicted molar refractivity (Wildman–Crippen MR) is 91.7 cm³/mol. The molecule has 1 aliphatic carbocycles. The molecule has 6 nitrogen and oxygen atoms in total. The molecule has 7 heteroatoms. The van der Waals surface area contributed by atoms with E-state index in [4.69, 9.17) is 4.42 Å². The second-order valence-corrected chi connectivity index (χ2v) is 6.93. The number of nitrogens with zero attached hydrogens (tertiary/aromatic N) is 1. The molecule has 1 aliphatic rings. The number of aromatic nitrogens is 1. The van der Waals surface area contributed by atoms with Gasteiger partial charge in [0.05, 0.1) is 23.6 Å². The van der Waals surface area contributed by atoms with Crippen LogP contribution in [0, 0.1) is 11.7 Å². The first-order chi connectivity index (χ1) is 12.4. The average Bonchev–Trinajstić information content (AvgIpc) is 3.03. The molecule has 1 heterocycles. The molecule has 1 aromatic heterocycles. The lowest BCUT2D eigenvalue weighted by molar-refractivity contribution is -0.146. The largest absolute Gasteiger partial charge is 0.481 e. The molecule has 2 atom stereocenters. The summed E-state index contributed by atoms with van der Waals surface area (Å²) < 4.78 is 18.3. The highest BCUT2D eigenvalue weighted by Gasteiger charge is 2.42. The van der Waals surface area contributed by atoms with Crippen molar-refractivity contribution in [1.82, 2.24) is 10.3 Å². The van der Waals surface area contributed by atoms with Crippen LogP contribution in [0.25, 0.3) is 11.5 Å². The Morgan fingerprint density at radius 3 is 2.77 bits per heavy atom. The van der Waals surface area contributed by atoms with E-state index in [1.165, 1.54) is 18.4 Å². The minimum atomic E-state index is -0.882. The molecule has 0 spiro atoms. The van der Waals surface area contributed by atoms with E-state index in [-0.39, 0.29) is 18.1 Å². The molecule has 1 fully saturated rings. The molecule has 2 N–H and O–H groups in total. The van der Waals surface area contributed by atoms with Gasteiger partial charge in [0.2, 0.25) is 11.8 Å². The van der Waals surface area contributed by atoms with Crippen molar-refractivity contribution in [3.05, 3.63) is 42.0 Å². The van der Waals surface area contributed by atoms with Crippen molar-refractivity contribution >= 4 is 11.9 Å². The van der Waals surface area contributed by atoms with Crippen molar-refractivity contribution < 1.29 is 23.5 Å². The fourth-order valence-electron chi connectivity index (χ4n) is 3.52. The maximum absolute atomic E-state index is 13.0. The van der Waals surface area contributed by atoms with E-state index in [9.17, 15) is 19.1 Å². The first kappa shape index (κ1) is 18.1. The Kier molecular flexibility index (Phi) is 5.06. The van der Waals surface area contributed by atoms with E-state index in [1.807, 2.05) is 0 Å². The Morgan fingerprint density at radius 2 is 2.08 bits per heavy atom. The van der Waals surface area contributed by atoms with Crippen molar-refractivity contribution in [3.8, 4) is 11.5 Å². The van der Waals surface area contributed by atoms with Gasteiger partial charge >= 0.3 is 5.97 Å². The van der Waals surface area contributed by atoms with Crippen LogP contribution >= 0.6 is 0 Å². The summed E-state index contributed by atoms with van der Waals surface area (Å²) in [5.74, 6) is -1.81. The molecule has 0 saturated heterocycles. The molecule has 0 aliphatic heterocycles. The number of halogens is 1. The Balaban J connectivity index is 1.66. The third kappa shape index (κ3) is 3.92. The molecular weight excluding hydrogens is 339 g/mol. The molecule has 2 aromatic rings. The number of carboxylic acids is 1. The van der Waals surface area contributed by atoms with Crippen LogP contribution in [-0.4, -0.2) is 27.5 Å².